The van der Waals surface area contributed by atoms with Crippen molar-refractivity contribution in [1.29, 1.82) is 0 Å². The highest BCUT2D eigenvalue weighted by atomic mass is 79.9. The van der Waals surface area contributed by atoms with Crippen LogP contribution < -0.4 is 5.32 Å². The molecule has 1 N–H and O–H groups in total. The number of nitrogens with zero attached hydrogens (tertiary/aromatic N) is 1. The molecule has 19 heavy (non-hydrogen) atoms. The fraction of sp³-hybridized carbons (Fsp3) is 0.455. The molecule has 1 aliphatic rings. The van der Waals surface area contributed by atoms with Crippen LogP contribution in [0.2, 0.25) is 5.02 Å². The van der Waals surface area contributed by atoms with Gasteiger partial charge in [-0.1, -0.05) is 11.6 Å². The molecule has 0 aliphatic carbocycles. The van der Waals surface area contributed by atoms with Crippen LogP contribution in [0.5, 0.6) is 0 Å². The summed E-state index contributed by atoms with van der Waals surface area (Å²) in [4.78, 5) is 0.271. The molecule has 4 nitrogen and oxygen atoms in total. The van der Waals surface area contributed by atoms with Crippen LogP contribution in [0.1, 0.15) is 6.92 Å². The number of rotatable bonds is 2. The first-order valence-corrected chi connectivity index (χ1v) is 8.21. The number of piperazine rings is 1. The van der Waals surface area contributed by atoms with Crippen LogP contribution in [-0.2, 0) is 10.0 Å². The zero-order valence-corrected chi connectivity index (χ0v) is 14.2. The van der Waals surface area contributed by atoms with Gasteiger partial charge in [0.15, 0.2) is 0 Å². The molecule has 1 aliphatic heterocycles. The third-order valence-corrected chi connectivity index (χ3v) is 6.16. The second kappa shape index (κ2) is 6.74. The fourth-order valence-electron chi connectivity index (χ4n) is 1.95. The molecular formula is C11H15BrCl2N2O2S. The molecule has 1 unspecified atom stereocenters. The Bertz CT molecular complexity index is 554. The molecule has 0 radical (unpaired) electrons. The molecule has 108 valence electrons. The summed E-state index contributed by atoms with van der Waals surface area (Å²) in [6, 6.07) is 4.63. The standard InChI is InChI=1S/C11H14BrClN2O2S.ClH/c1-8-7-14-4-5-15(8)18(16,17)9-2-3-11(13)10(12)6-9;/h2-3,6,8,14H,4-5,7H2,1H3;1H. The lowest BCUT2D eigenvalue weighted by Gasteiger charge is -2.32. The van der Waals surface area contributed by atoms with E-state index in [1.54, 1.807) is 12.1 Å². The fourth-order valence-corrected chi connectivity index (χ4v) is 4.26. The summed E-state index contributed by atoms with van der Waals surface area (Å²) < 4.78 is 27.1. The minimum absolute atomic E-state index is 0. The Morgan fingerprint density at radius 3 is 2.74 bits per heavy atom. The van der Waals surface area contributed by atoms with Crippen molar-refractivity contribution in [2.24, 2.45) is 0 Å². The first-order valence-electron chi connectivity index (χ1n) is 5.60. The van der Waals surface area contributed by atoms with Gasteiger partial charge in [0.1, 0.15) is 0 Å². The summed E-state index contributed by atoms with van der Waals surface area (Å²) in [5.74, 6) is 0. The summed E-state index contributed by atoms with van der Waals surface area (Å²) in [6.45, 7) is 3.74. The van der Waals surface area contributed by atoms with Gasteiger partial charge in [-0.3, -0.25) is 0 Å². The highest BCUT2D eigenvalue weighted by molar-refractivity contribution is 9.10. The Kier molecular flexibility index (Phi) is 6.10. The second-order valence-corrected chi connectivity index (χ2v) is 7.40. The van der Waals surface area contributed by atoms with Gasteiger partial charge >= 0.3 is 0 Å². The second-order valence-electron chi connectivity index (χ2n) is 4.24. The number of benzene rings is 1. The van der Waals surface area contributed by atoms with Crippen molar-refractivity contribution in [1.82, 2.24) is 9.62 Å². The van der Waals surface area contributed by atoms with E-state index in [0.29, 0.717) is 29.1 Å². The molecule has 0 spiro atoms. The Labute approximate surface area is 133 Å². The van der Waals surface area contributed by atoms with Crippen molar-refractivity contribution in [3.05, 3.63) is 27.7 Å². The van der Waals surface area contributed by atoms with Crippen LogP contribution in [0.3, 0.4) is 0 Å². The zero-order valence-electron chi connectivity index (χ0n) is 10.3. The minimum Gasteiger partial charge on any atom is -0.314 e. The Morgan fingerprint density at radius 1 is 1.47 bits per heavy atom. The molecule has 0 bridgehead atoms. The topological polar surface area (TPSA) is 49.4 Å². The van der Waals surface area contributed by atoms with Gasteiger partial charge in [0, 0.05) is 30.1 Å². The highest BCUT2D eigenvalue weighted by Crippen LogP contribution is 2.27. The van der Waals surface area contributed by atoms with E-state index in [9.17, 15) is 8.42 Å². The average Bonchev–Trinajstić information content (AvgIpc) is 2.33. The third-order valence-electron chi connectivity index (χ3n) is 2.94. The minimum atomic E-state index is -3.45. The molecule has 1 saturated heterocycles. The molecule has 8 heteroatoms. The monoisotopic (exact) mass is 388 g/mol. The van der Waals surface area contributed by atoms with Gasteiger partial charge in [0.2, 0.25) is 10.0 Å². The molecule has 0 aromatic heterocycles. The summed E-state index contributed by atoms with van der Waals surface area (Å²) in [6.07, 6.45) is 0. The highest BCUT2D eigenvalue weighted by Gasteiger charge is 2.31. The molecule has 2 rings (SSSR count). The smallest absolute Gasteiger partial charge is 0.243 e. The van der Waals surface area contributed by atoms with Crippen molar-refractivity contribution < 1.29 is 8.42 Å². The first kappa shape index (κ1) is 17.2. The van der Waals surface area contributed by atoms with Crippen LogP contribution in [0, 0.1) is 0 Å². The lowest BCUT2D eigenvalue weighted by Crippen LogP contribution is -2.52. The molecular weight excluding hydrogens is 375 g/mol. The predicted octanol–water partition coefficient (Wildman–Crippen LogP) is 2.51. The van der Waals surface area contributed by atoms with E-state index in [1.165, 1.54) is 10.4 Å². The largest absolute Gasteiger partial charge is 0.314 e. The van der Waals surface area contributed by atoms with E-state index in [2.05, 4.69) is 21.2 Å². The van der Waals surface area contributed by atoms with Crippen LogP contribution >= 0.6 is 39.9 Å². The van der Waals surface area contributed by atoms with Crippen LogP contribution in [0.4, 0.5) is 0 Å². The maximum atomic E-state index is 12.5. The molecule has 1 fully saturated rings. The lowest BCUT2D eigenvalue weighted by molar-refractivity contribution is 0.284. The van der Waals surface area contributed by atoms with Crippen molar-refractivity contribution in [3.8, 4) is 0 Å². The van der Waals surface area contributed by atoms with E-state index in [4.69, 9.17) is 11.6 Å². The summed E-state index contributed by atoms with van der Waals surface area (Å²) in [5.41, 5.74) is 0. The number of hydrogen-bond donors (Lipinski definition) is 1. The summed E-state index contributed by atoms with van der Waals surface area (Å²) >= 11 is 9.13. The Balaban J connectivity index is 0.00000180. The van der Waals surface area contributed by atoms with Gasteiger partial charge in [0.25, 0.3) is 0 Å². The number of hydrogen-bond acceptors (Lipinski definition) is 3. The number of halogens is 3. The van der Waals surface area contributed by atoms with Crippen molar-refractivity contribution in [3.63, 3.8) is 0 Å². The quantitative estimate of drug-likeness (QED) is 0.845. The summed E-state index contributed by atoms with van der Waals surface area (Å²) in [5, 5.41) is 3.67. The molecule has 1 heterocycles. The Hall–Kier alpha value is 0.150. The summed E-state index contributed by atoms with van der Waals surface area (Å²) in [7, 11) is -3.45. The van der Waals surface area contributed by atoms with Gasteiger partial charge in [-0.15, -0.1) is 12.4 Å². The van der Waals surface area contributed by atoms with Gasteiger partial charge < -0.3 is 5.32 Å². The van der Waals surface area contributed by atoms with E-state index < -0.39 is 10.0 Å². The number of sulfonamides is 1. The van der Waals surface area contributed by atoms with E-state index in [0.717, 1.165) is 0 Å². The van der Waals surface area contributed by atoms with E-state index >= 15 is 0 Å². The number of nitrogens with one attached hydrogen (secondary N) is 1. The SMILES string of the molecule is CC1CNCCN1S(=O)(=O)c1ccc(Cl)c(Br)c1.Cl. The lowest BCUT2D eigenvalue weighted by atomic mass is 10.3. The van der Waals surface area contributed by atoms with Gasteiger partial charge in [-0.2, -0.15) is 4.31 Å². The van der Waals surface area contributed by atoms with Crippen LogP contribution in [0.25, 0.3) is 0 Å². The van der Waals surface area contributed by atoms with Crippen molar-refractivity contribution in [2.45, 2.75) is 17.9 Å². The third kappa shape index (κ3) is 3.62. The average molecular weight is 390 g/mol. The predicted molar refractivity (Wildman–Crippen MR) is 82.6 cm³/mol. The van der Waals surface area contributed by atoms with Crippen molar-refractivity contribution in [2.75, 3.05) is 19.6 Å². The molecule has 1 atom stereocenters. The van der Waals surface area contributed by atoms with E-state index in [-0.39, 0.29) is 23.3 Å². The molecule has 0 amide bonds. The van der Waals surface area contributed by atoms with Crippen LogP contribution in [-0.4, -0.2) is 38.4 Å². The van der Waals surface area contributed by atoms with Crippen molar-refractivity contribution >= 4 is 50.0 Å². The zero-order chi connectivity index (χ0) is 13.3. The normalized spacial score (nSPS) is 20.9. The van der Waals surface area contributed by atoms with Gasteiger partial charge in [0.05, 0.1) is 9.92 Å². The van der Waals surface area contributed by atoms with Gasteiger partial charge in [-0.25, -0.2) is 8.42 Å². The molecule has 1 aromatic carbocycles. The molecule has 1 aromatic rings. The first-order chi connectivity index (χ1) is 8.43. The Morgan fingerprint density at radius 2 is 2.16 bits per heavy atom. The van der Waals surface area contributed by atoms with Crippen LogP contribution in [0.15, 0.2) is 27.6 Å². The molecule has 0 saturated carbocycles. The van der Waals surface area contributed by atoms with E-state index in [1.807, 2.05) is 6.92 Å². The maximum Gasteiger partial charge on any atom is 0.243 e. The maximum absolute atomic E-state index is 12.5. The van der Waals surface area contributed by atoms with Gasteiger partial charge in [-0.05, 0) is 41.1 Å².